The molecule has 0 aliphatic heterocycles. The third-order valence-corrected chi connectivity index (χ3v) is 4.75. The molecule has 0 amide bonds. The first-order valence-corrected chi connectivity index (χ1v) is 8.48. The summed E-state index contributed by atoms with van der Waals surface area (Å²) in [7, 11) is 0. The average Bonchev–Trinajstić information content (AvgIpc) is 3.07. The Morgan fingerprint density at radius 1 is 0.852 bits per heavy atom. The number of hydrogen-bond donors (Lipinski definition) is 0. The molecule has 27 heavy (non-hydrogen) atoms. The normalized spacial score (nSPS) is 11.9. The Balaban J connectivity index is 2.00. The summed E-state index contributed by atoms with van der Waals surface area (Å²) in [6, 6.07) is 14.0. The molecule has 8 heteroatoms. The zero-order valence-electron chi connectivity index (χ0n) is 13.4. The van der Waals surface area contributed by atoms with Crippen LogP contribution in [0.5, 0.6) is 0 Å². The van der Waals surface area contributed by atoms with Crippen molar-refractivity contribution in [3.05, 3.63) is 70.2 Å². The maximum absolute atomic E-state index is 13.8. The van der Waals surface area contributed by atoms with Crippen molar-refractivity contribution < 1.29 is 17.7 Å². The fourth-order valence-electron chi connectivity index (χ4n) is 2.77. The second-order valence-corrected chi connectivity index (χ2v) is 6.57. The number of rotatable bonds is 2. The molecule has 0 aliphatic rings. The number of halogens is 5. The minimum Gasteiger partial charge on any atom is -0.335 e. The third kappa shape index (κ3) is 3.26. The summed E-state index contributed by atoms with van der Waals surface area (Å²) >= 11 is 11.9. The van der Waals surface area contributed by atoms with Crippen molar-refractivity contribution in [1.82, 2.24) is 10.1 Å². The van der Waals surface area contributed by atoms with Crippen LogP contribution in [0.1, 0.15) is 5.56 Å². The number of pyridine rings is 1. The highest BCUT2D eigenvalue weighted by Crippen LogP contribution is 2.41. The molecule has 0 fully saturated rings. The minimum absolute atomic E-state index is 0.00278. The quantitative estimate of drug-likeness (QED) is 0.362. The zero-order valence-corrected chi connectivity index (χ0v) is 14.9. The van der Waals surface area contributed by atoms with Gasteiger partial charge in [-0.05, 0) is 18.2 Å². The lowest BCUT2D eigenvalue weighted by Gasteiger charge is -2.11. The molecule has 2 aromatic carbocycles. The van der Waals surface area contributed by atoms with Crippen molar-refractivity contribution in [3.8, 4) is 22.5 Å². The number of benzene rings is 2. The van der Waals surface area contributed by atoms with Crippen LogP contribution in [-0.2, 0) is 6.18 Å². The molecule has 0 unspecified atom stereocenters. The number of nitrogens with zero attached hydrogens (tertiary/aromatic N) is 2. The van der Waals surface area contributed by atoms with Crippen LogP contribution in [0.25, 0.3) is 33.6 Å². The van der Waals surface area contributed by atoms with Gasteiger partial charge in [-0.1, -0.05) is 64.8 Å². The van der Waals surface area contributed by atoms with Gasteiger partial charge in [0, 0.05) is 11.1 Å². The Morgan fingerprint density at radius 2 is 1.59 bits per heavy atom. The van der Waals surface area contributed by atoms with E-state index in [9.17, 15) is 13.2 Å². The van der Waals surface area contributed by atoms with Crippen LogP contribution in [0, 0.1) is 0 Å². The van der Waals surface area contributed by atoms with Crippen LogP contribution in [0.2, 0.25) is 10.0 Å². The smallest absolute Gasteiger partial charge is 0.335 e. The van der Waals surface area contributed by atoms with E-state index in [0.717, 1.165) is 6.07 Å². The number of aromatic nitrogens is 2. The van der Waals surface area contributed by atoms with Crippen molar-refractivity contribution in [2.75, 3.05) is 0 Å². The van der Waals surface area contributed by atoms with Gasteiger partial charge in [0.15, 0.2) is 0 Å². The molecule has 3 nitrogen and oxygen atoms in total. The molecule has 4 rings (SSSR count). The van der Waals surface area contributed by atoms with Crippen molar-refractivity contribution in [1.29, 1.82) is 0 Å². The second-order valence-electron chi connectivity index (χ2n) is 5.76. The maximum atomic E-state index is 13.8. The summed E-state index contributed by atoms with van der Waals surface area (Å²) < 4.78 is 46.5. The lowest BCUT2D eigenvalue weighted by atomic mass is 10.0. The zero-order chi connectivity index (χ0) is 19.2. The highest BCUT2D eigenvalue weighted by molar-refractivity contribution is 6.42. The third-order valence-electron chi connectivity index (χ3n) is 4.01. The molecule has 0 spiro atoms. The SMILES string of the molecule is FC(F)(F)c1cc(-c2ccccc2)nc2onc(-c3ccc(Cl)c(Cl)c3)c12. The fourth-order valence-corrected chi connectivity index (χ4v) is 3.07. The summed E-state index contributed by atoms with van der Waals surface area (Å²) in [5, 5.41) is 4.07. The minimum atomic E-state index is -4.62. The predicted molar refractivity (Wildman–Crippen MR) is 97.7 cm³/mol. The van der Waals surface area contributed by atoms with E-state index in [1.165, 1.54) is 18.2 Å². The largest absolute Gasteiger partial charge is 0.417 e. The van der Waals surface area contributed by atoms with Gasteiger partial charge in [-0.3, -0.25) is 0 Å². The van der Waals surface area contributed by atoms with Crippen LogP contribution in [0.3, 0.4) is 0 Å². The predicted octanol–water partition coefficient (Wildman–Crippen LogP) is 6.88. The highest BCUT2D eigenvalue weighted by atomic mass is 35.5. The number of hydrogen-bond acceptors (Lipinski definition) is 3. The Hall–Kier alpha value is -2.57. The van der Waals surface area contributed by atoms with E-state index < -0.39 is 11.7 Å². The first-order chi connectivity index (χ1) is 12.8. The van der Waals surface area contributed by atoms with Crippen molar-refractivity contribution in [2.45, 2.75) is 6.18 Å². The van der Waals surface area contributed by atoms with Crippen LogP contribution in [0.4, 0.5) is 13.2 Å². The van der Waals surface area contributed by atoms with Gasteiger partial charge >= 0.3 is 6.18 Å². The standard InChI is InChI=1S/C19H9Cl2F3N2O/c20-13-7-6-11(8-14(13)21)17-16-12(19(22,23)24)9-15(25-18(16)27-26-17)10-4-2-1-3-5-10/h1-9H. The molecule has 0 bridgehead atoms. The Labute approximate surface area is 161 Å². The van der Waals surface area contributed by atoms with E-state index in [1.54, 1.807) is 30.3 Å². The molecular weight excluding hydrogens is 400 g/mol. The van der Waals surface area contributed by atoms with E-state index in [-0.39, 0.29) is 32.5 Å². The van der Waals surface area contributed by atoms with Crippen molar-refractivity contribution >= 4 is 34.3 Å². The molecular formula is C19H9Cl2F3N2O. The molecule has 0 saturated carbocycles. The maximum Gasteiger partial charge on any atom is 0.417 e. The van der Waals surface area contributed by atoms with E-state index in [4.69, 9.17) is 27.7 Å². The molecule has 0 saturated heterocycles. The molecule has 0 N–H and O–H groups in total. The first kappa shape index (κ1) is 17.8. The van der Waals surface area contributed by atoms with Crippen LogP contribution >= 0.6 is 23.2 Å². The summed E-state index contributed by atoms with van der Waals surface area (Å²) in [5.74, 6) is 0. The molecule has 0 radical (unpaired) electrons. The van der Waals surface area contributed by atoms with Gasteiger partial charge in [0.25, 0.3) is 5.71 Å². The Morgan fingerprint density at radius 3 is 2.26 bits per heavy atom. The van der Waals surface area contributed by atoms with Gasteiger partial charge in [0.1, 0.15) is 5.69 Å². The van der Waals surface area contributed by atoms with Crippen molar-refractivity contribution in [2.24, 2.45) is 0 Å². The lowest BCUT2D eigenvalue weighted by Crippen LogP contribution is -2.07. The highest BCUT2D eigenvalue weighted by Gasteiger charge is 2.36. The van der Waals surface area contributed by atoms with E-state index in [2.05, 4.69) is 10.1 Å². The van der Waals surface area contributed by atoms with Gasteiger partial charge in [-0.15, -0.1) is 0 Å². The van der Waals surface area contributed by atoms with E-state index >= 15 is 0 Å². The number of fused-ring (bicyclic) bond motifs is 1. The van der Waals surface area contributed by atoms with Crippen LogP contribution in [-0.4, -0.2) is 10.1 Å². The fraction of sp³-hybridized carbons (Fsp3) is 0.0526. The summed E-state index contributed by atoms with van der Waals surface area (Å²) in [4.78, 5) is 4.22. The van der Waals surface area contributed by atoms with Crippen LogP contribution in [0.15, 0.2) is 59.1 Å². The molecule has 136 valence electrons. The van der Waals surface area contributed by atoms with E-state index in [0.29, 0.717) is 11.1 Å². The summed E-state index contributed by atoms with van der Waals surface area (Å²) in [6.45, 7) is 0. The monoisotopic (exact) mass is 408 g/mol. The van der Waals surface area contributed by atoms with Crippen LogP contribution < -0.4 is 0 Å². The molecule has 4 aromatic rings. The average molecular weight is 409 g/mol. The Kier molecular flexibility index (Phi) is 4.32. The molecule has 2 heterocycles. The summed E-state index contributed by atoms with van der Waals surface area (Å²) in [6.07, 6.45) is -4.62. The molecule has 0 atom stereocenters. The summed E-state index contributed by atoms with van der Waals surface area (Å²) in [5.41, 5.74) is -0.0472. The van der Waals surface area contributed by atoms with E-state index in [1.807, 2.05) is 0 Å². The first-order valence-electron chi connectivity index (χ1n) is 7.73. The topological polar surface area (TPSA) is 38.9 Å². The lowest BCUT2D eigenvalue weighted by molar-refractivity contribution is -0.136. The molecule has 0 aliphatic carbocycles. The van der Waals surface area contributed by atoms with Gasteiger partial charge in [-0.25, -0.2) is 4.98 Å². The Bertz CT molecular complexity index is 1140. The second kappa shape index (κ2) is 6.55. The van der Waals surface area contributed by atoms with Gasteiger partial charge in [0.2, 0.25) is 0 Å². The van der Waals surface area contributed by atoms with Gasteiger partial charge in [0.05, 0.1) is 26.7 Å². The van der Waals surface area contributed by atoms with Gasteiger partial charge < -0.3 is 4.52 Å². The molecule has 2 aromatic heterocycles. The van der Waals surface area contributed by atoms with Gasteiger partial charge in [-0.2, -0.15) is 13.2 Å². The number of alkyl halides is 3. The van der Waals surface area contributed by atoms with Crippen molar-refractivity contribution in [3.63, 3.8) is 0 Å².